The second kappa shape index (κ2) is 3.98. The fraction of sp³-hybridized carbons (Fsp3) is 0.429. The molecule has 70 valence electrons. The van der Waals surface area contributed by atoms with Crippen LogP contribution < -0.4 is 4.72 Å². The van der Waals surface area contributed by atoms with E-state index in [1.54, 1.807) is 7.05 Å². The highest BCUT2D eigenvalue weighted by molar-refractivity contribution is 8.46. The number of hydrogen-bond acceptors (Lipinski definition) is 3. The van der Waals surface area contributed by atoms with Gasteiger partial charge in [0.15, 0.2) is 0 Å². The van der Waals surface area contributed by atoms with E-state index in [9.17, 15) is 4.55 Å². The third kappa shape index (κ3) is 2.14. The maximum atomic E-state index is 9.65. The standard InChI is InChI=1S/C7H12ClNOS2/c1-3-6-4-7(11-5-6)12(8,10)9-2/h4-5,9-10H,3H2,1-2H3. The number of rotatable bonds is 3. The minimum absolute atomic E-state index is 0.823. The molecule has 0 bridgehead atoms. The SMILES string of the molecule is CCc1csc(S(O)(Cl)NC)c1. The number of hydrogen-bond donors (Lipinski definition) is 2. The zero-order valence-electron chi connectivity index (χ0n) is 7.00. The molecular weight excluding hydrogens is 214 g/mol. The van der Waals surface area contributed by atoms with E-state index in [4.69, 9.17) is 10.7 Å². The largest absolute Gasteiger partial charge is 0.321 e. The third-order valence-electron chi connectivity index (χ3n) is 1.58. The van der Waals surface area contributed by atoms with Crippen LogP contribution in [0.2, 0.25) is 0 Å². The molecule has 0 saturated heterocycles. The van der Waals surface area contributed by atoms with E-state index in [2.05, 4.69) is 11.6 Å². The molecule has 0 aliphatic rings. The van der Waals surface area contributed by atoms with Gasteiger partial charge in [0.05, 0.1) is 4.21 Å². The average Bonchev–Trinajstić information content (AvgIpc) is 2.52. The predicted octanol–water partition coefficient (Wildman–Crippen LogP) is 3.24. The van der Waals surface area contributed by atoms with Gasteiger partial charge in [-0.25, -0.2) is 4.72 Å². The highest BCUT2D eigenvalue weighted by Gasteiger charge is 2.19. The molecule has 2 nitrogen and oxygen atoms in total. The van der Waals surface area contributed by atoms with Gasteiger partial charge < -0.3 is 4.55 Å². The Bertz CT molecular complexity index is 262. The van der Waals surface area contributed by atoms with Crippen LogP contribution in [0.15, 0.2) is 15.7 Å². The van der Waals surface area contributed by atoms with Gasteiger partial charge in [0.25, 0.3) is 0 Å². The lowest BCUT2D eigenvalue weighted by Crippen LogP contribution is -2.08. The van der Waals surface area contributed by atoms with Crippen LogP contribution in [0.4, 0.5) is 0 Å². The lowest BCUT2D eigenvalue weighted by Gasteiger charge is -2.22. The first-order valence-electron chi connectivity index (χ1n) is 3.61. The van der Waals surface area contributed by atoms with Crippen LogP contribution in [0.25, 0.3) is 0 Å². The first-order valence-corrected chi connectivity index (χ1v) is 6.91. The zero-order chi connectivity index (χ0) is 9.19. The summed E-state index contributed by atoms with van der Waals surface area (Å²) in [7, 11) is 5.27. The Kier molecular flexibility index (Phi) is 3.43. The minimum Gasteiger partial charge on any atom is -0.321 e. The first-order chi connectivity index (χ1) is 5.60. The summed E-state index contributed by atoms with van der Waals surface area (Å²) in [6.45, 7) is 2.08. The number of aryl methyl sites for hydroxylation is 1. The van der Waals surface area contributed by atoms with E-state index >= 15 is 0 Å². The van der Waals surface area contributed by atoms with Gasteiger partial charge in [-0.1, -0.05) is 6.92 Å². The van der Waals surface area contributed by atoms with Gasteiger partial charge >= 0.3 is 0 Å². The summed E-state index contributed by atoms with van der Waals surface area (Å²) >= 11 is 1.50. The monoisotopic (exact) mass is 225 g/mol. The second-order valence-corrected chi connectivity index (χ2v) is 6.71. The van der Waals surface area contributed by atoms with Crippen molar-refractivity contribution in [1.29, 1.82) is 0 Å². The minimum atomic E-state index is -2.25. The van der Waals surface area contributed by atoms with Gasteiger partial charge in [0.1, 0.15) is 0 Å². The Balaban J connectivity index is 2.88. The lowest BCUT2D eigenvalue weighted by molar-refractivity contribution is 0.633. The highest BCUT2D eigenvalue weighted by atomic mass is 35.7. The molecule has 0 aliphatic carbocycles. The summed E-state index contributed by atoms with van der Waals surface area (Å²) in [5, 5.41) is 2.02. The molecule has 1 aromatic rings. The molecule has 1 heterocycles. The molecule has 0 spiro atoms. The summed E-state index contributed by atoms with van der Waals surface area (Å²) in [6, 6.07) is 1.95. The highest BCUT2D eigenvalue weighted by Crippen LogP contribution is 2.55. The Hall–Kier alpha value is 0.260. The van der Waals surface area contributed by atoms with E-state index in [0.717, 1.165) is 10.6 Å². The van der Waals surface area contributed by atoms with Crippen molar-refractivity contribution in [2.75, 3.05) is 7.05 Å². The van der Waals surface area contributed by atoms with Gasteiger partial charge in [-0.2, -0.15) is 0 Å². The fourth-order valence-corrected chi connectivity index (χ4v) is 3.38. The van der Waals surface area contributed by atoms with Crippen molar-refractivity contribution in [3.05, 3.63) is 17.0 Å². The van der Waals surface area contributed by atoms with Crippen molar-refractivity contribution >= 4 is 31.7 Å². The molecule has 0 fully saturated rings. The smallest absolute Gasteiger partial charge is 0.0931 e. The summed E-state index contributed by atoms with van der Waals surface area (Å²) in [6.07, 6.45) is 0.979. The molecule has 0 aromatic carbocycles. The first kappa shape index (κ1) is 10.3. The third-order valence-corrected chi connectivity index (χ3v) is 5.79. The number of halogens is 1. The normalized spacial score (nSPS) is 18.7. The molecule has 1 atom stereocenters. The van der Waals surface area contributed by atoms with Crippen molar-refractivity contribution in [3.63, 3.8) is 0 Å². The topological polar surface area (TPSA) is 32.3 Å². The summed E-state index contributed by atoms with van der Waals surface area (Å²) in [4.78, 5) is 0. The molecule has 0 aliphatic heterocycles. The number of thiophene rings is 1. The molecule has 0 saturated carbocycles. The van der Waals surface area contributed by atoms with E-state index in [0.29, 0.717) is 0 Å². The van der Waals surface area contributed by atoms with Crippen molar-refractivity contribution in [3.8, 4) is 0 Å². The van der Waals surface area contributed by atoms with Gasteiger partial charge in [-0.05, 0) is 41.2 Å². The fourth-order valence-electron chi connectivity index (χ4n) is 0.781. The van der Waals surface area contributed by atoms with Gasteiger partial charge in [-0.15, -0.1) is 11.3 Å². The van der Waals surface area contributed by atoms with Gasteiger partial charge in [0, 0.05) is 9.71 Å². The van der Waals surface area contributed by atoms with E-state index in [-0.39, 0.29) is 0 Å². The maximum Gasteiger partial charge on any atom is 0.0931 e. The molecule has 5 heteroatoms. The van der Waals surface area contributed by atoms with Crippen LogP contribution in [-0.4, -0.2) is 11.6 Å². The average molecular weight is 226 g/mol. The van der Waals surface area contributed by atoms with Crippen molar-refractivity contribution in [2.24, 2.45) is 0 Å². The van der Waals surface area contributed by atoms with Crippen LogP contribution in [-0.2, 0) is 6.42 Å². The number of nitrogens with one attached hydrogen (secondary N) is 1. The molecule has 2 N–H and O–H groups in total. The van der Waals surface area contributed by atoms with Crippen LogP contribution in [0, 0.1) is 0 Å². The molecule has 0 amide bonds. The van der Waals surface area contributed by atoms with E-state index in [1.807, 2.05) is 11.4 Å². The quantitative estimate of drug-likeness (QED) is 0.828. The van der Waals surface area contributed by atoms with Crippen LogP contribution in [0.3, 0.4) is 0 Å². The summed E-state index contributed by atoms with van der Waals surface area (Å²) < 4.78 is 13.2. The van der Waals surface area contributed by atoms with Crippen LogP contribution in [0.1, 0.15) is 12.5 Å². The molecule has 1 unspecified atom stereocenters. The Morgan fingerprint density at radius 2 is 2.42 bits per heavy atom. The van der Waals surface area contributed by atoms with E-state index < -0.39 is 9.71 Å². The van der Waals surface area contributed by atoms with Gasteiger partial charge in [0.2, 0.25) is 0 Å². The lowest BCUT2D eigenvalue weighted by atomic mass is 10.3. The molecule has 1 rings (SSSR count). The summed E-state index contributed by atoms with van der Waals surface area (Å²) in [5.41, 5.74) is 1.22. The Morgan fingerprint density at radius 3 is 2.83 bits per heavy atom. The van der Waals surface area contributed by atoms with Crippen LogP contribution >= 0.6 is 31.7 Å². The Morgan fingerprint density at radius 1 is 1.75 bits per heavy atom. The summed E-state index contributed by atoms with van der Waals surface area (Å²) in [5.74, 6) is 0. The molecule has 0 radical (unpaired) electrons. The second-order valence-electron chi connectivity index (χ2n) is 2.34. The molecule has 12 heavy (non-hydrogen) atoms. The van der Waals surface area contributed by atoms with E-state index in [1.165, 1.54) is 16.9 Å². The molecule has 1 aromatic heterocycles. The van der Waals surface area contributed by atoms with Crippen molar-refractivity contribution < 1.29 is 4.55 Å². The van der Waals surface area contributed by atoms with Gasteiger partial charge in [-0.3, -0.25) is 0 Å². The predicted molar refractivity (Wildman–Crippen MR) is 57.1 cm³/mol. The van der Waals surface area contributed by atoms with Crippen molar-refractivity contribution in [1.82, 2.24) is 4.72 Å². The van der Waals surface area contributed by atoms with Crippen LogP contribution in [0.5, 0.6) is 0 Å². The maximum absolute atomic E-state index is 9.65. The molecular formula is C7H12ClNOS2. The van der Waals surface area contributed by atoms with Crippen molar-refractivity contribution in [2.45, 2.75) is 17.6 Å². The Labute approximate surface area is 82.7 Å². The zero-order valence-corrected chi connectivity index (χ0v) is 9.39.